The molecular formula is C23H46O2. The summed E-state index contributed by atoms with van der Waals surface area (Å²) in [4.78, 5) is 0. The van der Waals surface area contributed by atoms with Crippen LogP contribution in [0.15, 0.2) is 12.7 Å². The van der Waals surface area contributed by atoms with E-state index in [-0.39, 0.29) is 6.29 Å². The average molecular weight is 355 g/mol. The second-order valence-corrected chi connectivity index (χ2v) is 7.30. The van der Waals surface area contributed by atoms with Gasteiger partial charge in [-0.2, -0.15) is 0 Å². The third-order valence-electron chi connectivity index (χ3n) is 4.75. The first-order valence-electron chi connectivity index (χ1n) is 11.2. The molecule has 0 aromatic heterocycles. The Labute approximate surface area is 158 Å². The Balaban J connectivity index is 3.30. The fourth-order valence-electron chi connectivity index (χ4n) is 3.06. The van der Waals surface area contributed by atoms with E-state index in [0.29, 0.717) is 0 Å². The normalized spacial score (nSPS) is 11.3. The minimum atomic E-state index is -0.214. The smallest absolute Gasteiger partial charge is 0.176 e. The van der Waals surface area contributed by atoms with Gasteiger partial charge < -0.3 is 9.47 Å². The third kappa shape index (κ3) is 19.8. The van der Waals surface area contributed by atoms with E-state index in [1.54, 1.807) is 6.08 Å². The van der Waals surface area contributed by atoms with E-state index in [4.69, 9.17) is 9.47 Å². The van der Waals surface area contributed by atoms with Crippen molar-refractivity contribution in [2.45, 2.75) is 123 Å². The molecule has 0 bridgehead atoms. The van der Waals surface area contributed by atoms with Crippen LogP contribution in [0.3, 0.4) is 0 Å². The lowest BCUT2D eigenvalue weighted by molar-refractivity contribution is -0.112. The molecule has 2 nitrogen and oxygen atoms in total. The highest BCUT2D eigenvalue weighted by molar-refractivity contribution is 4.72. The van der Waals surface area contributed by atoms with Crippen molar-refractivity contribution in [3.63, 3.8) is 0 Å². The predicted octanol–water partition coefficient (Wildman–Crippen LogP) is 7.81. The van der Waals surface area contributed by atoms with Gasteiger partial charge in [-0.1, -0.05) is 110 Å². The highest BCUT2D eigenvalue weighted by atomic mass is 16.7. The lowest BCUT2D eigenvalue weighted by Crippen LogP contribution is -2.15. The summed E-state index contributed by atoms with van der Waals surface area (Å²) < 4.78 is 11.5. The quantitative estimate of drug-likeness (QED) is 0.119. The fourth-order valence-corrected chi connectivity index (χ4v) is 3.06. The van der Waals surface area contributed by atoms with Gasteiger partial charge in [0.1, 0.15) is 0 Å². The van der Waals surface area contributed by atoms with Crippen LogP contribution in [0.1, 0.15) is 117 Å². The number of unbranched alkanes of at least 4 members (excludes halogenated alkanes) is 14. The Morgan fingerprint density at radius 3 is 1.20 bits per heavy atom. The van der Waals surface area contributed by atoms with E-state index < -0.39 is 0 Å². The van der Waals surface area contributed by atoms with Crippen molar-refractivity contribution < 1.29 is 9.47 Å². The first-order valence-corrected chi connectivity index (χ1v) is 11.2. The van der Waals surface area contributed by atoms with Gasteiger partial charge in [0.15, 0.2) is 6.29 Å². The van der Waals surface area contributed by atoms with Crippen LogP contribution < -0.4 is 0 Å². The molecule has 0 aromatic rings. The second-order valence-electron chi connectivity index (χ2n) is 7.30. The molecule has 0 atom stereocenters. The summed E-state index contributed by atoms with van der Waals surface area (Å²) >= 11 is 0. The molecule has 25 heavy (non-hydrogen) atoms. The number of hydrogen-bond donors (Lipinski definition) is 0. The van der Waals surface area contributed by atoms with Crippen LogP contribution in [0, 0.1) is 0 Å². The van der Waals surface area contributed by atoms with Crippen molar-refractivity contribution in [1.82, 2.24) is 0 Å². The SMILES string of the molecule is C=CC(OCCCCCCCCCC)OCCCCCCCCCC. The first kappa shape index (κ1) is 24.7. The molecule has 0 N–H and O–H groups in total. The van der Waals surface area contributed by atoms with E-state index in [9.17, 15) is 0 Å². The van der Waals surface area contributed by atoms with Crippen molar-refractivity contribution >= 4 is 0 Å². The number of rotatable bonds is 21. The van der Waals surface area contributed by atoms with Gasteiger partial charge in [-0.15, -0.1) is 0 Å². The summed E-state index contributed by atoms with van der Waals surface area (Å²) in [6.45, 7) is 9.95. The maximum absolute atomic E-state index is 5.77. The average Bonchev–Trinajstić information content (AvgIpc) is 2.63. The molecule has 0 aliphatic carbocycles. The molecule has 0 radical (unpaired) electrons. The minimum absolute atomic E-state index is 0.214. The van der Waals surface area contributed by atoms with Crippen LogP contribution in [0.2, 0.25) is 0 Å². The maximum atomic E-state index is 5.77. The summed E-state index contributed by atoms with van der Waals surface area (Å²) in [6.07, 6.45) is 22.8. The zero-order valence-corrected chi connectivity index (χ0v) is 17.4. The number of hydrogen-bond acceptors (Lipinski definition) is 2. The molecule has 150 valence electrons. The first-order chi connectivity index (χ1) is 12.3. The molecule has 0 aliphatic rings. The summed E-state index contributed by atoms with van der Waals surface area (Å²) in [6, 6.07) is 0. The predicted molar refractivity (Wildman–Crippen MR) is 111 cm³/mol. The van der Waals surface area contributed by atoms with Gasteiger partial charge in [0.2, 0.25) is 0 Å². The van der Waals surface area contributed by atoms with Gasteiger partial charge in [-0.3, -0.25) is 0 Å². The van der Waals surface area contributed by atoms with Crippen LogP contribution in [-0.4, -0.2) is 19.5 Å². The fraction of sp³-hybridized carbons (Fsp3) is 0.913. The van der Waals surface area contributed by atoms with Crippen LogP contribution in [0.4, 0.5) is 0 Å². The largest absolute Gasteiger partial charge is 0.349 e. The van der Waals surface area contributed by atoms with E-state index in [1.165, 1.54) is 89.9 Å². The molecule has 0 saturated carbocycles. The summed E-state index contributed by atoms with van der Waals surface area (Å²) in [5.41, 5.74) is 0. The molecular weight excluding hydrogens is 308 g/mol. The summed E-state index contributed by atoms with van der Waals surface area (Å²) in [7, 11) is 0. The molecule has 0 spiro atoms. The zero-order valence-electron chi connectivity index (χ0n) is 17.4. The van der Waals surface area contributed by atoms with Crippen LogP contribution in [-0.2, 0) is 9.47 Å². The molecule has 2 heteroatoms. The van der Waals surface area contributed by atoms with Gasteiger partial charge in [-0.05, 0) is 18.9 Å². The molecule has 0 saturated heterocycles. The number of ether oxygens (including phenoxy) is 2. The second kappa shape index (κ2) is 21.7. The lowest BCUT2D eigenvalue weighted by Gasteiger charge is -2.15. The van der Waals surface area contributed by atoms with Crippen molar-refractivity contribution in [1.29, 1.82) is 0 Å². The molecule has 0 aliphatic heterocycles. The monoisotopic (exact) mass is 354 g/mol. The Bertz CT molecular complexity index is 230. The summed E-state index contributed by atoms with van der Waals surface area (Å²) in [5.74, 6) is 0. The Kier molecular flexibility index (Phi) is 21.4. The Morgan fingerprint density at radius 1 is 0.560 bits per heavy atom. The molecule has 0 fully saturated rings. The van der Waals surface area contributed by atoms with Crippen LogP contribution in [0.25, 0.3) is 0 Å². The maximum Gasteiger partial charge on any atom is 0.176 e. The van der Waals surface area contributed by atoms with Crippen molar-refractivity contribution in [3.8, 4) is 0 Å². The van der Waals surface area contributed by atoms with Crippen LogP contribution in [0.5, 0.6) is 0 Å². The van der Waals surface area contributed by atoms with Gasteiger partial charge in [0.25, 0.3) is 0 Å². The standard InChI is InChI=1S/C23H46O2/c1-4-7-9-11-13-15-17-19-21-24-23(6-3)25-22-20-18-16-14-12-10-8-5-2/h6,23H,3-5,7-22H2,1-2H3. The van der Waals surface area contributed by atoms with Crippen LogP contribution >= 0.6 is 0 Å². The zero-order chi connectivity index (χ0) is 18.4. The minimum Gasteiger partial charge on any atom is -0.349 e. The highest BCUT2D eigenvalue weighted by Gasteiger charge is 2.03. The lowest BCUT2D eigenvalue weighted by atomic mass is 10.1. The molecule has 0 unspecified atom stereocenters. The van der Waals surface area contributed by atoms with Gasteiger partial charge in [0.05, 0.1) is 13.2 Å². The highest BCUT2D eigenvalue weighted by Crippen LogP contribution is 2.10. The van der Waals surface area contributed by atoms with Crippen molar-refractivity contribution in [2.24, 2.45) is 0 Å². The van der Waals surface area contributed by atoms with Crippen molar-refractivity contribution in [3.05, 3.63) is 12.7 Å². The van der Waals surface area contributed by atoms with E-state index >= 15 is 0 Å². The van der Waals surface area contributed by atoms with E-state index in [2.05, 4.69) is 20.4 Å². The van der Waals surface area contributed by atoms with Gasteiger partial charge >= 0.3 is 0 Å². The molecule has 0 heterocycles. The Hall–Kier alpha value is -0.340. The van der Waals surface area contributed by atoms with Gasteiger partial charge in [0, 0.05) is 0 Å². The molecule has 0 amide bonds. The molecule has 0 aromatic carbocycles. The summed E-state index contributed by atoms with van der Waals surface area (Å²) in [5, 5.41) is 0. The van der Waals surface area contributed by atoms with E-state index in [0.717, 1.165) is 26.1 Å². The third-order valence-corrected chi connectivity index (χ3v) is 4.75. The molecule has 0 rings (SSSR count). The van der Waals surface area contributed by atoms with Gasteiger partial charge in [-0.25, -0.2) is 0 Å². The van der Waals surface area contributed by atoms with Crippen molar-refractivity contribution in [2.75, 3.05) is 13.2 Å². The Morgan fingerprint density at radius 2 is 0.880 bits per heavy atom. The van der Waals surface area contributed by atoms with E-state index in [1.807, 2.05) is 0 Å². The topological polar surface area (TPSA) is 18.5 Å².